The zero-order chi connectivity index (χ0) is 25.2. The topological polar surface area (TPSA) is 59.8 Å². The molecule has 2 heterocycles. The van der Waals surface area contributed by atoms with Crippen LogP contribution in [0.5, 0.6) is 0 Å². The molecule has 1 amide bonds. The predicted octanol–water partition coefficient (Wildman–Crippen LogP) is 7.62. The zero-order valence-electron chi connectivity index (χ0n) is 19.1. The summed E-state index contributed by atoms with van der Waals surface area (Å²) >= 11 is 9.75. The van der Waals surface area contributed by atoms with Crippen LogP contribution in [-0.4, -0.2) is 19.0 Å². The Balaban J connectivity index is 1.49. The van der Waals surface area contributed by atoms with Gasteiger partial charge in [0.1, 0.15) is 11.5 Å². The van der Waals surface area contributed by atoms with Crippen molar-refractivity contribution in [3.8, 4) is 11.3 Å². The highest BCUT2D eigenvalue weighted by atomic mass is 79.9. The van der Waals surface area contributed by atoms with E-state index in [0.717, 1.165) is 21.3 Å². The van der Waals surface area contributed by atoms with Gasteiger partial charge in [0.2, 0.25) is 0 Å². The molecule has 0 fully saturated rings. The van der Waals surface area contributed by atoms with Crippen molar-refractivity contribution >= 4 is 56.9 Å². The number of hydrogen-bond donors (Lipinski definition) is 0. The van der Waals surface area contributed by atoms with E-state index in [1.807, 2.05) is 54.6 Å². The normalized spacial score (nSPS) is 14.3. The van der Waals surface area contributed by atoms with E-state index in [2.05, 4.69) is 15.9 Å². The predicted molar refractivity (Wildman–Crippen MR) is 145 cm³/mol. The molecular formula is C29H19BrClNO4. The highest BCUT2D eigenvalue weighted by Crippen LogP contribution is 2.38. The van der Waals surface area contributed by atoms with Crippen LogP contribution in [0.4, 0.5) is 5.69 Å². The second kappa shape index (κ2) is 10.0. The summed E-state index contributed by atoms with van der Waals surface area (Å²) in [6.45, 7) is 0. The number of furan rings is 1. The van der Waals surface area contributed by atoms with Crippen LogP contribution >= 0.6 is 27.5 Å². The molecule has 0 atom stereocenters. The standard InChI is InChI=1S/C29H19BrClNO4/c1-35-29(34)20-9-7-19(8-10-20)27-14-12-23(36-27)15-21-16-26(18-5-3-2-4-6-18)32(28(21)33)22-11-13-24(30)25(31)17-22/h2-17H,1H3/b21-15+. The number of halogens is 2. The molecule has 1 aromatic heterocycles. The maximum atomic E-state index is 13.6. The van der Waals surface area contributed by atoms with Crippen molar-refractivity contribution in [3.63, 3.8) is 0 Å². The first-order valence-corrected chi connectivity index (χ1v) is 12.2. The molecule has 0 unspecified atom stereocenters. The molecule has 1 aliphatic heterocycles. The summed E-state index contributed by atoms with van der Waals surface area (Å²) in [7, 11) is 1.34. The lowest BCUT2D eigenvalue weighted by Crippen LogP contribution is -2.24. The van der Waals surface area contributed by atoms with Crippen LogP contribution in [0.3, 0.4) is 0 Å². The van der Waals surface area contributed by atoms with Gasteiger partial charge in [0.15, 0.2) is 0 Å². The highest BCUT2D eigenvalue weighted by molar-refractivity contribution is 9.10. The van der Waals surface area contributed by atoms with E-state index < -0.39 is 5.97 Å². The Morgan fingerprint density at radius 2 is 1.72 bits per heavy atom. The molecule has 0 N–H and O–H groups in total. The van der Waals surface area contributed by atoms with Crippen LogP contribution in [0, 0.1) is 0 Å². The van der Waals surface area contributed by atoms with E-state index in [-0.39, 0.29) is 5.91 Å². The lowest BCUT2D eigenvalue weighted by molar-refractivity contribution is -0.113. The van der Waals surface area contributed by atoms with E-state index >= 15 is 0 Å². The van der Waals surface area contributed by atoms with Crippen molar-refractivity contribution in [2.75, 3.05) is 12.0 Å². The van der Waals surface area contributed by atoms with Gasteiger partial charge in [-0.15, -0.1) is 0 Å². The molecule has 36 heavy (non-hydrogen) atoms. The molecule has 0 bridgehead atoms. The number of benzene rings is 3. The Kier molecular flexibility index (Phi) is 6.63. The van der Waals surface area contributed by atoms with Crippen molar-refractivity contribution in [3.05, 3.63) is 123 Å². The quantitative estimate of drug-likeness (QED) is 0.186. The van der Waals surface area contributed by atoms with Crippen molar-refractivity contribution < 1.29 is 18.7 Å². The number of amides is 1. The molecule has 5 rings (SSSR count). The molecule has 4 aromatic rings. The minimum atomic E-state index is -0.399. The third-order valence-electron chi connectivity index (χ3n) is 5.73. The lowest BCUT2D eigenvalue weighted by Gasteiger charge is -2.21. The SMILES string of the molecule is COC(=O)c1ccc(-c2ccc(/C=C3\C=C(c4ccccc4)N(c4ccc(Br)c(Cl)c4)C3=O)o2)cc1. The molecule has 0 saturated carbocycles. The zero-order valence-corrected chi connectivity index (χ0v) is 21.4. The monoisotopic (exact) mass is 559 g/mol. The first-order valence-electron chi connectivity index (χ1n) is 11.0. The van der Waals surface area contributed by atoms with E-state index in [4.69, 9.17) is 20.8 Å². The first kappa shape index (κ1) is 23.9. The van der Waals surface area contributed by atoms with Gasteiger partial charge in [-0.05, 0) is 76.1 Å². The molecule has 0 radical (unpaired) electrons. The van der Waals surface area contributed by atoms with Gasteiger partial charge >= 0.3 is 5.97 Å². The lowest BCUT2D eigenvalue weighted by atomic mass is 10.1. The smallest absolute Gasteiger partial charge is 0.337 e. The van der Waals surface area contributed by atoms with E-state index in [1.165, 1.54) is 7.11 Å². The number of nitrogens with zero attached hydrogens (tertiary/aromatic N) is 1. The fraction of sp³-hybridized carbons (Fsp3) is 0.0345. The summed E-state index contributed by atoms with van der Waals surface area (Å²) in [5.74, 6) is 0.564. The number of hydrogen-bond acceptors (Lipinski definition) is 4. The van der Waals surface area contributed by atoms with Gasteiger partial charge in [0.25, 0.3) is 5.91 Å². The van der Waals surface area contributed by atoms with Gasteiger partial charge in [0.05, 0.1) is 29.1 Å². The number of esters is 1. The second-order valence-corrected chi connectivity index (χ2v) is 9.27. The number of rotatable bonds is 5. The minimum Gasteiger partial charge on any atom is -0.465 e. The Labute approximate surface area is 221 Å². The maximum absolute atomic E-state index is 13.6. The Bertz CT molecular complexity index is 1520. The average molecular weight is 561 g/mol. The number of carbonyl (C=O) groups excluding carboxylic acids is 2. The van der Waals surface area contributed by atoms with Crippen LogP contribution in [0.1, 0.15) is 21.7 Å². The fourth-order valence-electron chi connectivity index (χ4n) is 3.94. The van der Waals surface area contributed by atoms with Crippen LogP contribution in [-0.2, 0) is 9.53 Å². The number of anilines is 1. The molecule has 0 spiro atoms. The van der Waals surface area contributed by atoms with Gasteiger partial charge in [-0.3, -0.25) is 9.69 Å². The van der Waals surface area contributed by atoms with Gasteiger partial charge in [0, 0.05) is 15.6 Å². The number of carbonyl (C=O) groups is 2. The maximum Gasteiger partial charge on any atom is 0.337 e. The summed E-state index contributed by atoms with van der Waals surface area (Å²) in [5.41, 5.74) is 4.05. The molecule has 3 aromatic carbocycles. The Hall–Kier alpha value is -3.87. The van der Waals surface area contributed by atoms with E-state index in [0.29, 0.717) is 33.4 Å². The van der Waals surface area contributed by atoms with Crippen LogP contribution in [0.2, 0.25) is 5.02 Å². The summed E-state index contributed by atoms with van der Waals surface area (Å²) in [5, 5.41) is 0.513. The van der Waals surface area contributed by atoms with E-state index in [9.17, 15) is 9.59 Å². The molecular weight excluding hydrogens is 542 g/mol. The van der Waals surface area contributed by atoms with Crippen molar-refractivity contribution in [1.29, 1.82) is 0 Å². The average Bonchev–Trinajstić information content (AvgIpc) is 3.51. The van der Waals surface area contributed by atoms with Gasteiger partial charge in [-0.25, -0.2) is 4.79 Å². The third-order valence-corrected chi connectivity index (χ3v) is 6.96. The number of ether oxygens (including phenoxy) is 1. The van der Waals surface area contributed by atoms with Crippen molar-refractivity contribution in [2.24, 2.45) is 0 Å². The summed E-state index contributed by atoms with van der Waals surface area (Å²) in [4.78, 5) is 26.9. The fourth-order valence-corrected chi connectivity index (χ4v) is 4.37. The summed E-state index contributed by atoms with van der Waals surface area (Å²) < 4.78 is 11.5. The van der Waals surface area contributed by atoms with Crippen LogP contribution in [0.15, 0.2) is 105 Å². The molecule has 7 heteroatoms. The molecule has 5 nitrogen and oxygen atoms in total. The summed E-state index contributed by atoms with van der Waals surface area (Å²) in [6.07, 6.45) is 3.57. The minimum absolute atomic E-state index is 0.187. The van der Waals surface area contributed by atoms with Crippen molar-refractivity contribution in [2.45, 2.75) is 0 Å². The first-order chi connectivity index (χ1) is 17.4. The molecule has 1 aliphatic rings. The Morgan fingerprint density at radius 1 is 0.972 bits per heavy atom. The van der Waals surface area contributed by atoms with Crippen LogP contribution in [0.25, 0.3) is 23.1 Å². The second-order valence-electron chi connectivity index (χ2n) is 8.01. The van der Waals surface area contributed by atoms with Gasteiger partial charge in [-0.2, -0.15) is 0 Å². The third kappa shape index (κ3) is 4.65. The largest absolute Gasteiger partial charge is 0.465 e. The van der Waals surface area contributed by atoms with Crippen molar-refractivity contribution in [1.82, 2.24) is 0 Å². The highest BCUT2D eigenvalue weighted by Gasteiger charge is 2.31. The van der Waals surface area contributed by atoms with Gasteiger partial charge in [-0.1, -0.05) is 54.1 Å². The molecule has 0 aliphatic carbocycles. The van der Waals surface area contributed by atoms with Crippen LogP contribution < -0.4 is 4.90 Å². The van der Waals surface area contributed by atoms with E-state index in [1.54, 1.807) is 47.4 Å². The molecule has 178 valence electrons. The Morgan fingerprint density at radius 3 is 2.42 bits per heavy atom. The summed E-state index contributed by atoms with van der Waals surface area (Å²) in [6, 6.07) is 25.7. The van der Waals surface area contributed by atoms with Gasteiger partial charge < -0.3 is 9.15 Å². The number of methoxy groups -OCH3 is 1. The molecule has 0 saturated heterocycles.